The van der Waals surface area contributed by atoms with Gasteiger partial charge in [0.05, 0.1) is 12.7 Å². The van der Waals surface area contributed by atoms with E-state index in [2.05, 4.69) is 10.1 Å². The van der Waals surface area contributed by atoms with Gasteiger partial charge in [0.1, 0.15) is 18.6 Å². The van der Waals surface area contributed by atoms with E-state index in [1.807, 2.05) is 30.3 Å². The Morgan fingerprint density at radius 2 is 2.00 bits per heavy atom. The first-order chi connectivity index (χ1) is 10.7. The molecular formula is C16H17NO5. The Labute approximate surface area is 128 Å². The van der Waals surface area contributed by atoms with E-state index >= 15 is 0 Å². The highest BCUT2D eigenvalue weighted by molar-refractivity contribution is 5.88. The predicted octanol–water partition coefficient (Wildman–Crippen LogP) is 2.54. The van der Waals surface area contributed by atoms with Gasteiger partial charge in [0.25, 0.3) is 0 Å². The number of hydrogen-bond donors (Lipinski definition) is 1. The lowest BCUT2D eigenvalue weighted by Gasteiger charge is -2.06. The van der Waals surface area contributed by atoms with Crippen molar-refractivity contribution in [3.63, 3.8) is 0 Å². The Balaban J connectivity index is 1.68. The average Bonchev–Trinajstić information content (AvgIpc) is 3.02. The third kappa shape index (κ3) is 4.66. The molecule has 1 aromatic heterocycles. The summed E-state index contributed by atoms with van der Waals surface area (Å²) in [5.41, 5.74) is 1.27. The number of nitrogens with one attached hydrogen (secondary N) is 1. The highest BCUT2D eigenvalue weighted by Crippen LogP contribution is 2.09. The van der Waals surface area contributed by atoms with Gasteiger partial charge in [-0.05, 0) is 11.6 Å². The van der Waals surface area contributed by atoms with Gasteiger partial charge in [0.2, 0.25) is 0 Å². The van der Waals surface area contributed by atoms with Gasteiger partial charge in [0, 0.05) is 13.0 Å². The molecule has 0 saturated carbocycles. The molecule has 0 atom stereocenters. The van der Waals surface area contributed by atoms with Gasteiger partial charge >= 0.3 is 12.1 Å². The molecule has 6 heteroatoms. The Morgan fingerprint density at radius 1 is 1.23 bits per heavy atom. The second kappa shape index (κ2) is 7.87. The fourth-order valence-electron chi connectivity index (χ4n) is 1.80. The molecule has 0 aliphatic carbocycles. The monoisotopic (exact) mass is 303 g/mol. The smallest absolute Gasteiger partial charge is 0.407 e. The van der Waals surface area contributed by atoms with Crippen LogP contribution in [-0.2, 0) is 22.5 Å². The number of benzene rings is 1. The molecule has 0 unspecified atom stereocenters. The fraction of sp³-hybridized carbons (Fsp3) is 0.250. The summed E-state index contributed by atoms with van der Waals surface area (Å²) >= 11 is 0. The van der Waals surface area contributed by atoms with E-state index in [-0.39, 0.29) is 6.61 Å². The average molecular weight is 303 g/mol. The van der Waals surface area contributed by atoms with Gasteiger partial charge in [-0.25, -0.2) is 9.59 Å². The first kappa shape index (κ1) is 15.6. The van der Waals surface area contributed by atoms with Gasteiger partial charge in [-0.2, -0.15) is 0 Å². The molecule has 0 saturated heterocycles. The maximum atomic E-state index is 11.5. The van der Waals surface area contributed by atoms with E-state index in [0.717, 1.165) is 5.56 Å². The third-order valence-corrected chi connectivity index (χ3v) is 2.93. The molecule has 0 aliphatic rings. The number of rotatable bonds is 6. The molecule has 1 N–H and O–H groups in total. The van der Waals surface area contributed by atoms with Crippen molar-refractivity contribution in [2.75, 3.05) is 13.7 Å². The van der Waals surface area contributed by atoms with Crippen molar-refractivity contribution >= 4 is 12.1 Å². The quantitative estimate of drug-likeness (QED) is 0.830. The molecule has 0 fully saturated rings. The molecule has 116 valence electrons. The maximum absolute atomic E-state index is 11.5. The lowest BCUT2D eigenvalue weighted by Crippen LogP contribution is -2.26. The summed E-state index contributed by atoms with van der Waals surface area (Å²) in [5.74, 6) is 0.133. The van der Waals surface area contributed by atoms with Crippen molar-refractivity contribution in [1.29, 1.82) is 0 Å². The lowest BCUT2D eigenvalue weighted by molar-refractivity contribution is 0.0600. The van der Waals surface area contributed by atoms with Crippen LogP contribution < -0.4 is 5.32 Å². The molecule has 2 aromatic rings. The van der Waals surface area contributed by atoms with Crippen molar-refractivity contribution in [3.05, 3.63) is 59.5 Å². The molecular weight excluding hydrogens is 286 g/mol. The lowest BCUT2D eigenvalue weighted by atomic mass is 10.2. The van der Waals surface area contributed by atoms with E-state index in [0.29, 0.717) is 24.3 Å². The summed E-state index contributed by atoms with van der Waals surface area (Å²) in [6.45, 7) is 0.571. The van der Waals surface area contributed by atoms with Crippen molar-refractivity contribution in [3.8, 4) is 0 Å². The predicted molar refractivity (Wildman–Crippen MR) is 78.4 cm³/mol. The zero-order valence-electron chi connectivity index (χ0n) is 12.2. The summed E-state index contributed by atoms with van der Waals surface area (Å²) in [6, 6.07) is 11.0. The SMILES string of the molecule is COC(=O)c1coc(CCNC(=O)OCc2ccccc2)c1. The highest BCUT2D eigenvalue weighted by atomic mass is 16.5. The second-order valence-corrected chi connectivity index (χ2v) is 4.53. The van der Waals surface area contributed by atoms with Gasteiger partial charge in [0.15, 0.2) is 0 Å². The number of carbonyl (C=O) groups is 2. The molecule has 1 heterocycles. The molecule has 0 spiro atoms. The zero-order chi connectivity index (χ0) is 15.8. The summed E-state index contributed by atoms with van der Waals surface area (Å²) < 4.78 is 14.9. The Hall–Kier alpha value is -2.76. The van der Waals surface area contributed by atoms with E-state index in [4.69, 9.17) is 9.15 Å². The zero-order valence-corrected chi connectivity index (χ0v) is 12.2. The number of furan rings is 1. The number of amides is 1. The molecule has 1 aromatic carbocycles. The van der Waals surface area contributed by atoms with Crippen LogP contribution in [0.4, 0.5) is 4.79 Å². The van der Waals surface area contributed by atoms with Gasteiger partial charge in [-0.1, -0.05) is 30.3 Å². The number of esters is 1. The van der Waals surface area contributed by atoms with Crippen LogP contribution >= 0.6 is 0 Å². The normalized spacial score (nSPS) is 10.0. The van der Waals surface area contributed by atoms with Crippen LogP contribution in [0.1, 0.15) is 21.7 Å². The van der Waals surface area contributed by atoms with Crippen LogP contribution in [0, 0.1) is 0 Å². The van der Waals surface area contributed by atoms with Gasteiger partial charge in [-0.3, -0.25) is 0 Å². The Kier molecular flexibility index (Phi) is 5.59. The number of carbonyl (C=O) groups excluding carboxylic acids is 2. The molecule has 22 heavy (non-hydrogen) atoms. The van der Waals surface area contributed by atoms with E-state index < -0.39 is 12.1 Å². The standard InChI is InChI=1S/C16H17NO5/c1-20-15(18)13-9-14(21-11-13)7-8-17-16(19)22-10-12-5-3-2-4-6-12/h2-6,9,11H,7-8,10H2,1H3,(H,17,19). The van der Waals surface area contributed by atoms with E-state index in [9.17, 15) is 9.59 Å². The van der Waals surface area contributed by atoms with Crippen molar-refractivity contribution in [1.82, 2.24) is 5.32 Å². The minimum atomic E-state index is -0.497. The molecule has 0 radical (unpaired) electrons. The highest BCUT2D eigenvalue weighted by Gasteiger charge is 2.10. The van der Waals surface area contributed by atoms with Crippen LogP contribution in [0.2, 0.25) is 0 Å². The van der Waals surface area contributed by atoms with Crippen molar-refractivity contribution in [2.24, 2.45) is 0 Å². The number of ether oxygens (including phenoxy) is 2. The van der Waals surface area contributed by atoms with Crippen LogP contribution in [0.3, 0.4) is 0 Å². The Bertz CT molecular complexity index is 620. The maximum Gasteiger partial charge on any atom is 0.407 e. The Morgan fingerprint density at radius 3 is 2.73 bits per heavy atom. The number of alkyl carbamates (subject to hydrolysis) is 1. The molecule has 0 aliphatic heterocycles. The summed E-state index contributed by atoms with van der Waals surface area (Å²) in [5, 5.41) is 2.62. The van der Waals surface area contributed by atoms with Gasteiger partial charge in [-0.15, -0.1) is 0 Å². The van der Waals surface area contributed by atoms with Crippen LogP contribution in [0.15, 0.2) is 47.1 Å². The van der Waals surface area contributed by atoms with Crippen LogP contribution in [0.25, 0.3) is 0 Å². The number of hydrogen-bond acceptors (Lipinski definition) is 5. The molecule has 1 amide bonds. The summed E-state index contributed by atoms with van der Waals surface area (Å²) in [7, 11) is 1.30. The van der Waals surface area contributed by atoms with Gasteiger partial charge < -0.3 is 19.2 Å². The fourth-order valence-corrected chi connectivity index (χ4v) is 1.80. The molecule has 6 nitrogen and oxygen atoms in total. The van der Waals surface area contributed by atoms with Crippen molar-refractivity contribution in [2.45, 2.75) is 13.0 Å². The van der Waals surface area contributed by atoms with E-state index in [1.54, 1.807) is 6.07 Å². The molecule has 0 bridgehead atoms. The first-order valence-electron chi connectivity index (χ1n) is 6.79. The van der Waals surface area contributed by atoms with Crippen LogP contribution in [0.5, 0.6) is 0 Å². The molecule has 2 rings (SSSR count). The topological polar surface area (TPSA) is 77.8 Å². The first-order valence-corrected chi connectivity index (χ1v) is 6.79. The number of methoxy groups -OCH3 is 1. The minimum Gasteiger partial charge on any atom is -0.468 e. The van der Waals surface area contributed by atoms with Crippen molar-refractivity contribution < 1.29 is 23.5 Å². The summed E-state index contributed by atoms with van der Waals surface area (Å²) in [6.07, 6.45) is 1.29. The summed E-state index contributed by atoms with van der Waals surface area (Å²) in [4.78, 5) is 22.8. The van der Waals surface area contributed by atoms with Crippen LogP contribution in [-0.4, -0.2) is 25.7 Å². The third-order valence-electron chi connectivity index (χ3n) is 2.93. The minimum absolute atomic E-state index is 0.222. The second-order valence-electron chi connectivity index (χ2n) is 4.53. The largest absolute Gasteiger partial charge is 0.468 e. The van der Waals surface area contributed by atoms with E-state index in [1.165, 1.54) is 13.4 Å².